The van der Waals surface area contributed by atoms with E-state index in [1.807, 2.05) is 18.3 Å². The zero-order chi connectivity index (χ0) is 12.8. The monoisotopic (exact) mass is 263 g/mol. The van der Waals surface area contributed by atoms with Crippen molar-refractivity contribution in [2.45, 2.75) is 19.4 Å². The summed E-state index contributed by atoms with van der Waals surface area (Å²) in [6.07, 6.45) is 2.72. The van der Waals surface area contributed by atoms with E-state index < -0.39 is 0 Å². The van der Waals surface area contributed by atoms with E-state index in [1.165, 1.54) is 17.3 Å². The lowest BCUT2D eigenvalue weighted by Gasteiger charge is -2.15. The summed E-state index contributed by atoms with van der Waals surface area (Å²) in [7, 11) is 1.69. The molecule has 18 heavy (non-hydrogen) atoms. The predicted octanol–water partition coefficient (Wildman–Crippen LogP) is 2.44. The Balaban J connectivity index is 2.13. The summed E-state index contributed by atoms with van der Waals surface area (Å²) in [4.78, 5) is 0. The average molecular weight is 263 g/mol. The van der Waals surface area contributed by atoms with E-state index >= 15 is 0 Å². The van der Waals surface area contributed by atoms with Gasteiger partial charge in [-0.2, -0.15) is 8.75 Å². The van der Waals surface area contributed by atoms with Crippen LogP contribution in [0.5, 0.6) is 5.75 Å². The molecule has 1 N–H and O–H groups in total. The van der Waals surface area contributed by atoms with E-state index in [0.29, 0.717) is 0 Å². The van der Waals surface area contributed by atoms with Gasteiger partial charge >= 0.3 is 0 Å². The zero-order valence-corrected chi connectivity index (χ0v) is 11.4. The van der Waals surface area contributed by atoms with Crippen molar-refractivity contribution in [1.82, 2.24) is 14.1 Å². The normalized spacial score (nSPS) is 12.3. The molecule has 0 amide bonds. The average Bonchev–Trinajstić information content (AvgIpc) is 2.92. The van der Waals surface area contributed by atoms with Crippen LogP contribution < -0.4 is 10.1 Å². The molecule has 0 spiro atoms. The van der Waals surface area contributed by atoms with Gasteiger partial charge in [-0.3, -0.25) is 0 Å². The second-order valence-electron chi connectivity index (χ2n) is 4.00. The molecule has 2 rings (SSSR count). The first-order chi connectivity index (χ1) is 8.83. The second kappa shape index (κ2) is 6.47. The van der Waals surface area contributed by atoms with Gasteiger partial charge in [-0.25, -0.2) is 0 Å². The maximum Gasteiger partial charge on any atom is 0.119 e. The minimum absolute atomic E-state index is 0.209. The highest BCUT2D eigenvalue weighted by atomic mass is 32.1. The fourth-order valence-electron chi connectivity index (χ4n) is 1.89. The quantitative estimate of drug-likeness (QED) is 0.869. The van der Waals surface area contributed by atoms with Crippen LogP contribution in [0.3, 0.4) is 0 Å². The Labute approximate surface area is 111 Å². The molecule has 1 aromatic heterocycles. The summed E-state index contributed by atoms with van der Waals surface area (Å²) in [6.45, 7) is 3.00. The van der Waals surface area contributed by atoms with Gasteiger partial charge in [-0.1, -0.05) is 19.1 Å². The third kappa shape index (κ3) is 3.27. The summed E-state index contributed by atoms with van der Waals surface area (Å²) < 4.78 is 13.6. The summed E-state index contributed by atoms with van der Waals surface area (Å²) in [6, 6.07) is 8.34. The van der Waals surface area contributed by atoms with Crippen LogP contribution >= 0.6 is 11.7 Å². The van der Waals surface area contributed by atoms with Crippen molar-refractivity contribution in [2.24, 2.45) is 0 Å². The first-order valence-electron chi connectivity index (χ1n) is 5.97. The Hall–Kier alpha value is -1.46. The van der Waals surface area contributed by atoms with Crippen LogP contribution in [0, 0.1) is 0 Å². The molecule has 0 saturated carbocycles. The molecule has 5 heteroatoms. The Morgan fingerprint density at radius 2 is 2.33 bits per heavy atom. The Kier molecular flexibility index (Phi) is 4.66. The van der Waals surface area contributed by atoms with Gasteiger partial charge in [0.25, 0.3) is 0 Å². The topological polar surface area (TPSA) is 47.0 Å². The molecule has 0 fully saturated rings. The van der Waals surface area contributed by atoms with Gasteiger partial charge in [-0.15, -0.1) is 0 Å². The largest absolute Gasteiger partial charge is 0.497 e. The Bertz CT molecular complexity index is 473. The van der Waals surface area contributed by atoms with Crippen LogP contribution in [-0.4, -0.2) is 22.4 Å². The lowest BCUT2D eigenvalue weighted by atomic mass is 10.0. The summed E-state index contributed by atoms with van der Waals surface area (Å²) in [5, 5.41) is 3.43. The van der Waals surface area contributed by atoms with Gasteiger partial charge < -0.3 is 10.1 Å². The Morgan fingerprint density at radius 3 is 3.00 bits per heavy atom. The highest BCUT2D eigenvalue weighted by molar-refractivity contribution is 6.99. The fraction of sp³-hybridized carbons (Fsp3) is 0.385. The molecule has 0 radical (unpaired) electrons. The SMILES string of the molecule is CCNC(Cc1cccc(OC)c1)c1cnsn1. The number of hydrogen-bond donors (Lipinski definition) is 1. The molecule has 1 heterocycles. The number of likely N-dealkylation sites (N-methyl/N-ethyl adjacent to an activating group) is 1. The van der Waals surface area contributed by atoms with Crippen LogP contribution in [0.25, 0.3) is 0 Å². The Morgan fingerprint density at radius 1 is 1.44 bits per heavy atom. The second-order valence-corrected chi connectivity index (χ2v) is 4.55. The minimum Gasteiger partial charge on any atom is -0.497 e. The van der Waals surface area contributed by atoms with E-state index in [4.69, 9.17) is 4.74 Å². The van der Waals surface area contributed by atoms with E-state index in [2.05, 4.69) is 33.1 Å². The smallest absolute Gasteiger partial charge is 0.119 e. The summed E-state index contributed by atoms with van der Waals surface area (Å²) in [5.41, 5.74) is 2.23. The molecular formula is C13H17N3OS. The molecule has 1 aromatic carbocycles. The van der Waals surface area contributed by atoms with Crippen molar-refractivity contribution in [3.05, 3.63) is 41.7 Å². The van der Waals surface area contributed by atoms with Crippen molar-refractivity contribution in [3.8, 4) is 5.75 Å². The predicted molar refractivity (Wildman–Crippen MR) is 73.0 cm³/mol. The molecule has 96 valence electrons. The van der Waals surface area contributed by atoms with Gasteiger partial charge in [0.15, 0.2) is 0 Å². The third-order valence-electron chi connectivity index (χ3n) is 2.76. The lowest BCUT2D eigenvalue weighted by Crippen LogP contribution is -2.23. The highest BCUT2D eigenvalue weighted by Crippen LogP contribution is 2.20. The van der Waals surface area contributed by atoms with E-state index in [-0.39, 0.29) is 6.04 Å². The van der Waals surface area contributed by atoms with Gasteiger partial charge in [0.1, 0.15) is 5.75 Å². The fourth-order valence-corrected chi connectivity index (χ4v) is 2.36. The standard InChI is InChI=1S/C13H17N3OS/c1-3-14-12(13-9-15-18-16-13)8-10-5-4-6-11(7-10)17-2/h4-7,9,12,14H,3,8H2,1-2H3. The number of benzene rings is 1. The van der Waals surface area contributed by atoms with E-state index in [1.54, 1.807) is 7.11 Å². The number of nitrogens with zero attached hydrogens (tertiary/aromatic N) is 2. The molecule has 1 atom stereocenters. The molecule has 0 aliphatic carbocycles. The first-order valence-corrected chi connectivity index (χ1v) is 6.70. The number of ether oxygens (including phenoxy) is 1. The maximum atomic E-state index is 5.24. The summed E-state index contributed by atoms with van der Waals surface area (Å²) in [5.74, 6) is 0.888. The van der Waals surface area contributed by atoms with Crippen molar-refractivity contribution < 1.29 is 4.74 Å². The van der Waals surface area contributed by atoms with Gasteiger partial charge in [0.05, 0.1) is 36.8 Å². The van der Waals surface area contributed by atoms with Crippen LogP contribution in [-0.2, 0) is 6.42 Å². The molecule has 0 aliphatic rings. The molecule has 2 aromatic rings. The van der Waals surface area contributed by atoms with E-state index in [0.717, 1.165) is 24.4 Å². The summed E-state index contributed by atoms with van der Waals surface area (Å²) >= 11 is 1.25. The van der Waals surface area contributed by atoms with Crippen LogP contribution in [0.2, 0.25) is 0 Å². The van der Waals surface area contributed by atoms with Crippen LogP contribution in [0.1, 0.15) is 24.2 Å². The highest BCUT2D eigenvalue weighted by Gasteiger charge is 2.14. The van der Waals surface area contributed by atoms with Crippen LogP contribution in [0.15, 0.2) is 30.5 Å². The van der Waals surface area contributed by atoms with Crippen molar-refractivity contribution >= 4 is 11.7 Å². The van der Waals surface area contributed by atoms with Gasteiger partial charge in [-0.05, 0) is 30.7 Å². The number of methoxy groups -OCH3 is 1. The number of hydrogen-bond acceptors (Lipinski definition) is 5. The minimum atomic E-state index is 0.209. The maximum absolute atomic E-state index is 5.24. The molecule has 0 saturated heterocycles. The first kappa shape index (κ1) is 13.0. The zero-order valence-electron chi connectivity index (χ0n) is 10.6. The number of rotatable bonds is 6. The van der Waals surface area contributed by atoms with Crippen LogP contribution in [0.4, 0.5) is 0 Å². The molecule has 0 bridgehead atoms. The lowest BCUT2D eigenvalue weighted by molar-refractivity contribution is 0.413. The molecular weight excluding hydrogens is 246 g/mol. The number of nitrogens with one attached hydrogen (secondary N) is 1. The van der Waals surface area contributed by atoms with E-state index in [9.17, 15) is 0 Å². The number of aromatic nitrogens is 2. The third-order valence-corrected chi connectivity index (χ3v) is 3.25. The molecule has 0 aliphatic heterocycles. The van der Waals surface area contributed by atoms with Crippen molar-refractivity contribution in [1.29, 1.82) is 0 Å². The van der Waals surface area contributed by atoms with Gasteiger partial charge in [0.2, 0.25) is 0 Å². The molecule has 1 unspecified atom stereocenters. The molecule has 4 nitrogen and oxygen atoms in total. The van der Waals surface area contributed by atoms with Crippen molar-refractivity contribution in [3.63, 3.8) is 0 Å². The van der Waals surface area contributed by atoms with Crippen molar-refractivity contribution in [2.75, 3.05) is 13.7 Å². The van der Waals surface area contributed by atoms with Gasteiger partial charge in [0, 0.05) is 0 Å².